The van der Waals surface area contributed by atoms with Crippen LogP contribution in [0.5, 0.6) is 0 Å². The van der Waals surface area contributed by atoms with Crippen LogP contribution in [0.3, 0.4) is 0 Å². The van der Waals surface area contributed by atoms with Crippen molar-refractivity contribution in [2.45, 2.75) is 9.79 Å². The van der Waals surface area contributed by atoms with Gasteiger partial charge in [-0.05, 0) is 18.2 Å². The minimum absolute atomic E-state index is 0.0615. The highest BCUT2D eigenvalue weighted by atomic mass is 32.2. The molecule has 0 aromatic heterocycles. The molecule has 0 radical (unpaired) electrons. The molecule has 0 aliphatic heterocycles. The van der Waals surface area contributed by atoms with Gasteiger partial charge in [-0.2, -0.15) is 0 Å². The third-order valence-electron chi connectivity index (χ3n) is 2.42. The molecule has 1 rings (SSSR count). The van der Waals surface area contributed by atoms with Crippen molar-refractivity contribution in [3.05, 3.63) is 18.2 Å². The van der Waals surface area contributed by atoms with Gasteiger partial charge in [0.2, 0.25) is 10.0 Å². The van der Waals surface area contributed by atoms with Gasteiger partial charge in [0.25, 0.3) is 0 Å². The van der Waals surface area contributed by atoms with Gasteiger partial charge < -0.3 is 10.2 Å². The van der Waals surface area contributed by atoms with Crippen molar-refractivity contribution in [1.82, 2.24) is 4.72 Å². The lowest BCUT2D eigenvalue weighted by molar-refractivity contribution is 0.204. The molecule has 0 aliphatic carbocycles. The fourth-order valence-corrected chi connectivity index (χ4v) is 3.36. The van der Waals surface area contributed by atoms with E-state index in [1.807, 2.05) is 0 Å². The van der Waals surface area contributed by atoms with E-state index in [1.54, 1.807) is 0 Å². The molecule has 20 heavy (non-hydrogen) atoms. The second-order valence-corrected chi connectivity index (χ2v) is 7.72. The van der Waals surface area contributed by atoms with E-state index in [0.717, 1.165) is 12.3 Å². The first-order valence-corrected chi connectivity index (χ1v) is 8.89. The number of anilines is 1. The normalized spacial score (nSPS) is 12.3. The van der Waals surface area contributed by atoms with Crippen LogP contribution in [0, 0.1) is 0 Å². The Kier molecular flexibility index (Phi) is 5.48. The quantitative estimate of drug-likeness (QED) is 0.344. The lowest BCUT2D eigenvalue weighted by Crippen LogP contribution is -2.28. The van der Waals surface area contributed by atoms with Crippen LogP contribution in [0.15, 0.2) is 28.0 Å². The molecule has 0 saturated heterocycles. The summed E-state index contributed by atoms with van der Waals surface area (Å²) in [5.41, 5.74) is 2.32. The van der Waals surface area contributed by atoms with Gasteiger partial charge in [-0.3, -0.25) is 5.84 Å². The molecule has 8 nitrogen and oxygen atoms in total. The molecule has 0 unspecified atom stereocenters. The van der Waals surface area contributed by atoms with Crippen molar-refractivity contribution in [3.8, 4) is 0 Å². The number of hydrazine groups is 1. The fraction of sp³-hybridized carbons (Fsp3) is 0.400. The Morgan fingerprint density at radius 3 is 2.40 bits per heavy atom. The van der Waals surface area contributed by atoms with Crippen LogP contribution in [0.4, 0.5) is 5.69 Å². The first kappa shape index (κ1) is 16.9. The number of nitrogen functional groups attached to an aromatic ring is 1. The molecule has 0 heterocycles. The predicted molar refractivity (Wildman–Crippen MR) is 74.4 cm³/mol. The minimum Gasteiger partial charge on any atom is -0.383 e. The summed E-state index contributed by atoms with van der Waals surface area (Å²) in [6, 6.07) is 3.62. The molecule has 114 valence electrons. The van der Waals surface area contributed by atoms with Gasteiger partial charge in [0, 0.05) is 19.9 Å². The van der Waals surface area contributed by atoms with Gasteiger partial charge >= 0.3 is 0 Å². The average Bonchev–Trinajstić information content (AvgIpc) is 2.37. The standard InChI is InChI=1S/C10H17N3O5S2/c1-18-6-5-12-20(16,17)10-7-8(19(2,14)15)3-4-9(10)13-11/h3-4,7,12-13H,5-6,11H2,1-2H3. The van der Waals surface area contributed by atoms with Crippen LogP contribution in [-0.4, -0.2) is 43.4 Å². The number of nitrogens with one attached hydrogen (secondary N) is 2. The first-order valence-electron chi connectivity index (χ1n) is 5.51. The van der Waals surface area contributed by atoms with E-state index in [9.17, 15) is 16.8 Å². The highest BCUT2D eigenvalue weighted by molar-refractivity contribution is 7.91. The molecule has 0 saturated carbocycles. The zero-order valence-electron chi connectivity index (χ0n) is 11.1. The molecule has 10 heteroatoms. The number of sulfone groups is 1. The van der Waals surface area contributed by atoms with Crippen molar-refractivity contribution < 1.29 is 21.6 Å². The third-order valence-corrected chi connectivity index (χ3v) is 5.04. The Morgan fingerprint density at radius 2 is 1.90 bits per heavy atom. The van der Waals surface area contributed by atoms with E-state index in [2.05, 4.69) is 10.1 Å². The molecule has 4 N–H and O–H groups in total. The summed E-state index contributed by atoms with van der Waals surface area (Å²) in [6.07, 6.45) is 0.993. The first-order chi connectivity index (χ1) is 9.22. The van der Waals surface area contributed by atoms with E-state index in [-0.39, 0.29) is 28.6 Å². The highest BCUT2D eigenvalue weighted by Gasteiger charge is 2.21. The summed E-state index contributed by atoms with van der Waals surface area (Å²) >= 11 is 0. The Balaban J connectivity index is 3.27. The topological polar surface area (TPSA) is 128 Å². The molecule has 1 aromatic carbocycles. The maximum Gasteiger partial charge on any atom is 0.242 e. The SMILES string of the molecule is COCCNS(=O)(=O)c1cc(S(C)(=O)=O)ccc1NN. The Labute approximate surface area is 118 Å². The van der Waals surface area contributed by atoms with E-state index < -0.39 is 19.9 Å². The van der Waals surface area contributed by atoms with E-state index in [1.165, 1.54) is 19.2 Å². The van der Waals surface area contributed by atoms with Crippen LogP contribution >= 0.6 is 0 Å². The van der Waals surface area contributed by atoms with Gasteiger partial charge in [-0.15, -0.1) is 0 Å². The van der Waals surface area contributed by atoms with E-state index in [0.29, 0.717) is 0 Å². The number of methoxy groups -OCH3 is 1. The van der Waals surface area contributed by atoms with Crippen molar-refractivity contribution in [1.29, 1.82) is 0 Å². The van der Waals surface area contributed by atoms with Crippen molar-refractivity contribution in [2.75, 3.05) is 31.9 Å². The molecule has 0 bridgehead atoms. The number of nitrogens with two attached hydrogens (primary N) is 1. The van der Waals surface area contributed by atoms with Crippen LogP contribution < -0.4 is 16.0 Å². The zero-order chi connectivity index (χ0) is 15.4. The van der Waals surface area contributed by atoms with Crippen LogP contribution in [0.25, 0.3) is 0 Å². The van der Waals surface area contributed by atoms with E-state index >= 15 is 0 Å². The number of hydrogen-bond donors (Lipinski definition) is 3. The van der Waals surface area contributed by atoms with Gasteiger partial charge in [0.1, 0.15) is 4.90 Å². The highest BCUT2D eigenvalue weighted by Crippen LogP contribution is 2.24. The molecule has 0 amide bonds. The molecule has 1 aromatic rings. The summed E-state index contributed by atoms with van der Waals surface area (Å²) in [7, 11) is -5.98. The number of benzene rings is 1. The van der Waals surface area contributed by atoms with Crippen LogP contribution in [0.2, 0.25) is 0 Å². The number of hydrogen-bond acceptors (Lipinski definition) is 7. The second kappa shape index (κ2) is 6.50. The Bertz CT molecular complexity index is 670. The number of rotatable bonds is 7. The second-order valence-electron chi connectivity index (χ2n) is 3.97. The van der Waals surface area contributed by atoms with Crippen molar-refractivity contribution in [3.63, 3.8) is 0 Å². The van der Waals surface area contributed by atoms with Gasteiger partial charge in [-0.1, -0.05) is 0 Å². The maximum atomic E-state index is 12.1. The fourth-order valence-electron chi connectivity index (χ4n) is 1.43. The lowest BCUT2D eigenvalue weighted by atomic mass is 10.3. The molecule has 0 fully saturated rings. The van der Waals surface area contributed by atoms with Gasteiger partial charge in [0.05, 0.1) is 17.2 Å². The Hall–Kier alpha value is -1.20. The van der Waals surface area contributed by atoms with Gasteiger partial charge in [0.15, 0.2) is 9.84 Å². The van der Waals surface area contributed by atoms with Crippen LogP contribution in [-0.2, 0) is 24.6 Å². The molecule has 0 atom stereocenters. The molecular formula is C10H17N3O5S2. The van der Waals surface area contributed by atoms with E-state index in [4.69, 9.17) is 10.6 Å². The largest absolute Gasteiger partial charge is 0.383 e. The Morgan fingerprint density at radius 1 is 1.25 bits per heavy atom. The monoisotopic (exact) mass is 323 g/mol. The zero-order valence-corrected chi connectivity index (χ0v) is 12.7. The number of sulfonamides is 1. The predicted octanol–water partition coefficient (Wildman–Crippen LogP) is -0.700. The maximum absolute atomic E-state index is 12.1. The molecule has 0 spiro atoms. The van der Waals surface area contributed by atoms with Gasteiger partial charge in [-0.25, -0.2) is 21.6 Å². The van der Waals surface area contributed by atoms with Crippen molar-refractivity contribution >= 4 is 25.5 Å². The average molecular weight is 323 g/mol. The molecule has 0 aliphatic rings. The number of ether oxygens (including phenoxy) is 1. The smallest absolute Gasteiger partial charge is 0.242 e. The minimum atomic E-state index is -3.89. The molecular weight excluding hydrogens is 306 g/mol. The summed E-state index contributed by atoms with van der Waals surface area (Å²) in [4.78, 5) is -0.345. The van der Waals surface area contributed by atoms with Crippen LogP contribution in [0.1, 0.15) is 0 Å². The summed E-state index contributed by atoms with van der Waals surface area (Å²) in [5.74, 6) is 5.24. The summed E-state index contributed by atoms with van der Waals surface area (Å²) in [5, 5.41) is 0. The summed E-state index contributed by atoms with van der Waals surface area (Å²) < 4.78 is 54.2. The van der Waals surface area contributed by atoms with Crippen molar-refractivity contribution in [2.24, 2.45) is 5.84 Å². The summed E-state index contributed by atoms with van der Waals surface area (Å²) in [6.45, 7) is 0.252. The third kappa shape index (κ3) is 4.15. The lowest BCUT2D eigenvalue weighted by Gasteiger charge is -2.12.